The van der Waals surface area contributed by atoms with E-state index in [9.17, 15) is 4.79 Å². The molecule has 1 aliphatic heterocycles. The molecule has 0 saturated carbocycles. The molecule has 0 aliphatic carbocycles. The van der Waals surface area contributed by atoms with Crippen molar-refractivity contribution in [1.82, 2.24) is 4.90 Å². The lowest BCUT2D eigenvalue weighted by Crippen LogP contribution is -2.36. The number of nitrogens with zero attached hydrogens (tertiary/aromatic N) is 1. The van der Waals surface area contributed by atoms with Crippen LogP contribution in [0.1, 0.15) is 6.42 Å². The second-order valence-electron chi connectivity index (χ2n) is 3.15. The van der Waals surface area contributed by atoms with Crippen LogP contribution in [-0.2, 0) is 9.53 Å². The van der Waals surface area contributed by atoms with Crippen LogP contribution in [0.2, 0.25) is 0 Å². The molecule has 0 radical (unpaired) electrons. The zero-order chi connectivity index (χ0) is 8.97. The van der Waals surface area contributed by atoms with Gasteiger partial charge in [0.05, 0.1) is 19.8 Å². The van der Waals surface area contributed by atoms with Crippen molar-refractivity contribution in [3.05, 3.63) is 0 Å². The van der Waals surface area contributed by atoms with Gasteiger partial charge in [0.2, 0.25) is 5.91 Å². The third-order valence-corrected chi connectivity index (χ3v) is 2.03. The third-order valence-electron chi connectivity index (χ3n) is 2.03. The molecule has 1 amide bonds. The van der Waals surface area contributed by atoms with Crippen LogP contribution in [0.15, 0.2) is 0 Å². The van der Waals surface area contributed by atoms with Gasteiger partial charge in [-0.25, -0.2) is 0 Å². The van der Waals surface area contributed by atoms with E-state index in [1.807, 2.05) is 0 Å². The summed E-state index contributed by atoms with van der Waals surface area (Å²) in [5.74, 6) is 0.496. The molecule has 0 aromatic carbocycles. The fourth-order valence-corrected chi connectivity index (χ4v) is 1.08. The van der Waals surface area contributed by atoms with Crippen LogP contribution in [-0.4, -0.2) is 49.3 Å². The second-order valence-corrected chi connectivity index (χ2v) is 3.15. The molecule has 1 fully saturated rings. The van der Waals surface area contributed by atoms with E-state index in [1.165, 1.54) is 0 Å². The molecule has 4 nitrogen and oxygen atoms in total. The molecular formula is C8H15NO3. The van der Waals surface area contributed by atoms with Gasteiger partial charge >= 0.3 is 0 Å². The Bertz CT molecular complexity index is 156. The van der Waals surface area contributed by atoms with Crippen LogP contribution in [0, 0.1) is 5.92 Å². The fourth-order valence-electron chi connectivity index (χ4n) is 1.08. The van der Waals surface area contributed by atoms with Crippen molar-refractivity contribution >= 4 is 5.91 Å². The van der Waals surface area contributed by atoms with E-state index in [1.54, 1.807) is 11.9 Å². The highest BCUT2D eigenvalue weighted by atomic mass is 16.5. The Morgan fingerprint density at radius 2 is 2.33 bits per heavy atom. The van der Waals surface area contributed by atoms with Crippen LogP contribution in [0.5, 0.6) is 0 Å². The highest BCUT2D eigenvalue weighted by Gasteiger charge is 2.22. The maximum Gasteiger partial charge on any atom is 0.222 e. The van der Waals surface area contributed by atoms with Crippen molar-refractivity contribution in [3.63, 3.8) is 0 Å². The Hall–Kier alpha value is -0.610. The largest absolute Gasteiger partial charge is 0.395 e. The quantitative estimate of drug-likeness (QED) is 0.622. The Morgan fingerprint density at radius 3 is 2.75 bits per heavy atom. The van der Waals surface area contributed by atoms with Crippen LogP contribution < -0.4 is 0 Å². The van der Waals surface area contributed by atoms with Crippen molar-refractivity contribution in [3.8, 4) is 0 Å². The molecule has 0 spiro atoms. The molecular weight excluding hydrogens is 158 g/mol. The molecule has 0 unspecified atom stereocenters. The minimum absolute atomic E-state index is 0.0312. The molecule has 0 bridgehead atoms. The van der Waals surface area contributed by atoms with Crippen molar-refractivity contribution in [2.75, 3.05) is 33.4 Å². The minimum atomic E-state index is 0.0312. The Kier molecular flexibility index (Phi) is 3.49. The van der Waals surface area contributed by atoms with Crippen LogP contribution in [0.4, 0.5) is 0 Å². The number of hydrogen-bond donors (Lipinski definition) is 1. The Morgan fingerprint density at radius 1 is 1.67 bits per heavy atom. The molecule has 0 aromatic heterocycles. The van der Waals surface area contributed by atoms with Gasteiger partial charge in [0.15, 0.2) is 0 Å². The standard InChI is InChI=1S/C8H15NO3/c1-9(2-3-10)8(11)4-7-5-12-6-7/h7,10H,2-6H2,1H3. The fraction of sp³-hybridized carbons (Fsp3) is 0.875. The molecule has 0 atom stereocenters. The van der Waals surface area contributed by atoms with Gasteiger partial charge in [-0.05, 0) is 0 Å². The number of rotatable bonds is 4. The average molecular weight is 173 g/mol. The van der Waals surface area contributed by atoms with Gasteiger partial charge in [-0.3, -0.25) is 4.79 Å². The predicted molar refractivity (Wildman–Crippen MR) is 43.6 cm³/mol. The smallest absolute Gasteiger partial charge is 0.222 e. The first-order valence-corrected chi connectivity index (χ1v) is 4.16. The van der Waals surface area contributed by atoms with Crippen LogP contribution >= 0.6 is 0 Å². The van der Waals surface area contributed by atoms with Crippen LogP contribution in [0.25, 0.3) is 0 Å². The van der Waals surface area contributed by atoms with E-state index in [2.05, 4.69) is 0 Å². The number of aliphatic hydroxyl groups excluding tert-OH is 1. The summed E-state index contributed by atoms with van der Waals surface area (Å²) in [5, 5.41) is 8.57. The zero-order valence-electron chi connectivity index (χ0n) is 7.32. The van der Waals surface area contributed by atoms with Crippen molar-refractivity contribution < 1.29 is 14.6 Å². The summed E-state index contributed by atoms with van der Waals surface area (Å²) in [7, 11) is 1.71. The summed E-state index contributed by atoms with van der Waals surface area (Å²) in [6.07, 6.45) is 0.552. The molecule has 1 aliphatic rings. The van der Waals surface area contributed by atoms with Crippen molar-refractivity contribution in [1.29, 1.82) is 0 Å². The summed E-state index contributed by atoms with van der Waals surface area (Å²) in [6, 6.07) is 0. The SMILES string of the molecule is CN(CCO)C(=O)CC1COC1. The van der Waals surface area contributed by atoms with E-state index in [0.717, 1.165) is 0 Å². The lowest BCUT2D eigenvalue weighted by atomic mass is 10.0. The summed E-state index contributed by atoms with van der Waals surface area (Å²) in [6.45, 7) is 1.87. The normalized spacial score (nSPS) is 17.2. The van der Waals surface area contributed by atoms with E-state index >= 15 is 0 Å². The van der Waals surface area contributed by atoms with Gasteiger partial charge in [0.1, 0.15) is 0 Å². The monoisotopic (exact) mass is 173 g/mol. The molecule has 1 rings (SSSR count). The van der Waals surface area contributed by atoms with E-state index in [-0.39, 0.29) is 12.5 Å². The molecule has 4 heteroatoms. The summed E-state index contributed by atoms with van der Waals surface area (Å²) in [4.78, 5) is 12.8. The Labute approximate surface area is 72.1 Å². The maximum absolute atomic E-state index is 11.3. The first-order chi connectivity index (χ1) is 5.74. The number of carbonyl (C=O) groups is 1. The summed E-state index contributed by atoms with van der Waals surface area (Å²) >= 11 is 0. The Balaban J connectivity index is 2.16. The van der Waals surface area contributed by atoms with E-state index in [0.29, 0.717) is 32.1 Å². The third kappa shape index (κ3) is 2.46. The summed E-state index contributed by atoms with van der Waals surface area (Å²) < 4.78 is 4.96. The van der Waals surface area contributed by atoms with Gasteiger partial charge in [-0.15, -0.1) is 0 Å². The van der Waals surface area contributed by atoms with Crippen molar-refractivity contribution in [2.45, 2.75) is 6.42 Å². The number of likely N-dealkylation sites (N-methyl/N-ethyl adjacent to an activating group) is 1. The van der Waals surface area contributed by atoms with E-state index < -0.39 is 0 Å². The first kappa shape index (κ1) is 9.48. The topological polar surface area (TPSA) is 49.8 Å². The molecule has 70 valence electrons. The van der Waals surface area contributed by atoms with Gasteiger partial charge in [-0.1, -0.05) is 0 Å². The maximum atomic E-state index is 11.3. The number of carbonyl (C=O) groups excluding carboxylic acids is 1. The minimum Gasteiger partial charge on any atom is -0.395 e. The number of ether oxygens (including phenoxy) is 1. The lowest BCUT2D eigenvalue weighted by molar-refractivity contribution is -0.135. The number of hydrogen-bond acceptors (Lipinski definition) is 3. The average Bonchev–Trinajstić information content (AvgIpc) is 1.97. The van der Waals surface area contributed by atoms with E-state index in [4.69, 9.17) is 9.84 Å². The van der Waals surface area contributed by atoms with Gasteiger partial charge < -0.3 is 14.7 Å². The first-order valence-electron chi connectivity index (χ1n) is 4.16. The van der Waals surface area contributed by atoms with Crippen LogP contribution in [0.3, 0.4) is 0 Å². The van der Waals surface area contributed by atoms with Gasteiger partial charge in [0.25, 0.3) is 0 Å². The number of amides is 1. The summed E-state index contributed by atoms with van der Waals surface area (Å²) in [5.41, 5.74) is 0. The number of aliphatic hydroxyl groups is 1. The highest BCUT2D eigenvalue weighted by Crippen LogP contribution is 2.14. The molecule has 1 heterocycles. The molecule has 1 N–H and O–H groups in total. The predicted octanol–water partition coefficient (Wildman–Crippen LogP) is -0.526. The van der Waals surface area contributed by atoms with Crippen molar-refractivity contribution in [2.24, 2.45) is 5.92 Å². The lowest BCUT2D eigenvalue weighted by Gasteiger charge is -2.27. The molecule has 1 saturated heterocycles. The van der Waals surface area contributed by atoms with Gasteiger partial charge in [-0.2, -0.15) is 0 Å². The second kappa shape index (κ2) is 4.42. The molecule has 12 heavy (non-hydrogen) atoms. The highest BCUT2D eigenvalue weighted by molar-refractivity contribution is 5.76. The molecule has 0 aromatic rings. The zero-order valence-corrected chi connectivity index (χ0v) is 7.32. The van der Waals surface area contributed by atoms with Gasteiger partial charge in [0, 0.05) is 25.9 Å².